The number of hydrogen-bond donors (Lipinski definition) is 1. The van der Waals surface area contributed by atoms with E-state index in [4.69, 9.17) is 0 Å². The minimum Gasteiger partial charge on any atom is -0.357 e. The Balaban J connectivity index is 1.62. The first-order valence-electron chi connectivity index (χ1n) is 7.27. The predicted molar refractivity (Wildman–Crippen MR) is 85.9 cm³/mol. The number of anilines is 1. The van der Waals surface area contributed by atoms with E-state index in [1.807, 2.05) is 31.3 Å². The van der Waals surface area contributed by atoms with Gasteiger partial charge in [0.15, 0.2) is 0 Å². The molecule has 2 aromatic heterocycles. The number of nitrogens with zero attached hydrogens (tertiary/aromatic N) is 2. The van der Waals surface area contributed by atoms with E-state index in [-0.39, 0.29) is 5.91 Å². The Hall–Kier alpha value is -1.88. The Kier molecular flexibility index (Phi) is 4.20. The molecule has 0 radical (unpaired) electrons. The molecule has 0 atom stereocenters. The molecule has 0 spiro atoms. The van der Waals surface area contributed by atoms with Gasteiger partial charge in [-0.3, -0.25) is 4.79 Å². The summed E-state index contributed by atoms with van der Waals surface area (Å²) in [4.78, 5) is 20.7. The molecular formula is C16H19N3OS. The number of hydrogen-bond acceptors (Lipinski definition) is 4. The van der Waals surface area contributed by atoms with Crippen LogP contribution in [0, 0.1) is 6.92 Å². The highest BCUT2D eigenvalue weighted by Gasteiger charge is 2.14. The van der Waals surface area contributed by atoms with E-state index in [1.54, 1.807) is 0 Å². The highest BCUT2D eigenvalue weighted by atomic mass is 32.1. The van der Waals surface area contributed by atoms with Gasteiger partial charge in [-0.05, 0) is 49.6 Å². The van der Waals surface area contributed by atoms with Crippen molar-refractivity contribution >= 4 is 23.1 Å². The molecule has 3 rings (SSSR count). The van der Waals surface area contributed by atoms with Crippen molar-refractivity contribution in [2.45, 2.75) is 26.3 Å². The molecule has 2 aromatic rings. The molecule has 1 saturated heterocycles. The second kappa shape index (κ2) is 6.26. The number of amides is 1. The number of carbonyl (C=O) groups is 1. The van der Waals surface area contributed by atoms with E-state index in [0.717, 1.165) is 34.2 Å². The normalized spacial score (nSPS) is 14.4. The minimum absolute atomic E-state index is 0.00682. The van der Waals surface area contributed by atoms with Crippen molar-refractivity contribution in [2.75, 3.05) is 18.0 Å². The summed E-state index contributed by atoms with van der Waals surface area (Å²) in [5.41, 5.74) is 1.09. The SMILES string of the molecule is Cc1ccc(C(=O)NCc2ccnc(N3CCCC3)c2)s1. The van der Waals surface area contributed by atoms with E-state index < -0.39 is 0 Å². The lowest BCUT2D eigenvalue weighted by Crippen LogP contribution is -2.23. The molecule has 1 amide bonds. The second-order valence-electron chi connectivity index (χ2n) is 5.31. The van der Waals surface area contributed by atoms with Crippen LogP contribution in [-0.2, 0) is 6.54 Å². The molecule has 1 N–H and O–H groups in total. The van der Waals surface area contributed by atoms with Crippen LogP contribution >= 0.6 is 11.3 Å². The highest BCUT2D eigenvalue weighted by Crippen LogP contribution is 2.19. The summed E-state index contributed by atoms with van der Waals surface area (Å²) < 4.78 is 0. The van der Waals surface area contributed by atoms with Crippen LogP contribution in [-0.4, -0.2) is 24.0 Å². The van der Waals surface area contributed by atoms with Crippen molar-refractivity contribution in [3.63, 3.8) is 0 Å². The van der Waals surface area contributed by atoms with Crippen LogP contribution in [0.15, 0.2) is 30.5 Å². The molecule has 3 heterocycles. The van der Waals surface area contributed by atoms with Crippen LogP contribution < -0.4 is 10.2 Å². The van der Waals surface area contributed by atoms with Gasteiger partial charge in [0, 0.05) is 30.7 Å². The van der Waals surface area contributed by atoms with Gasteiger partial charge in [0.2, 0.25) is 0 Å². The summed E-state index contributed by atoms with van der Waals surface area (Å²) in [5.74, 6) is 1.01. The molecule has 0 saturated carbocycles. The lowest BCUT2D eigenvalue weighted by Gasteiger charge is -2.16. The molecule has 1 fully saturated rings. The molecule has 0 aromatic carbocycles. The fraction of sp³-hybridized carbons (Fsp3) is 0.375. The minimum atomic E-state index is -0.00682. The lowest BCUT2D eigenvalue weighted by molar-refractivity contribution is 0.0955. The first kappa shape index (κ1) is 14.1. The van der Waals surface area contributed by atoms with Crippen LogP contribution in [0.3, 0.4) is 0 Å². The van der Waals surface area contributed by atoms with E-state index in [2.05, 4.69) is 21.3 Å². The molecule has 1 aliphatic rings. The van der Waals surface area contributed by atoms with Gasteiger partial charge in [-0.2, -0.15) is 0 Å². The maximum atomic E-state index is 12.0. The zero-order chi connectivity index (χ0) is 14.7. The number of pyridine rings is 1. The van der Waals surface area contributed by atoms with Crippen LogP contribution in [0.25, 0.3) is 0 Å². The smallest absolute Gasteiger partial charge is 0.261 e. The molecule has 110 valence electrons. The maximum absolute atomic E-state index is 12.0. The number of nitrogens with one attached hydrogen (secondary N) is 1. The molecule has 0 bridgehead atoms. The van der Waals surface area contributed by atoms with Gasteiger partial charge in [0.25, 0.3) is 5.91 Å². The van der Waals surface area contributed by atoms with Crippen molar-refractivity contribution in [3.8, 4) is 0 Å². The number of aryl methyl sites for hydroxylation is 1. The number of aromatic nitrogens is 1. The van der Waals surface area contributed by atoms with E-state index in [9.17, 15) is 4.79 Å². The Labute approximate surface area is 128 Å². The van der Waals surface area contributed by atoms with Crippen molar-refractivity contribution in [2.24, 2.45) is 0 Å². The molecular weight excluding hydrogens is 282 g/mol. The molecule has 4 nitrogen and oxygen atoms in total. The Morgan fingerprint density at radius 2 is 2.14 bits per heavy atom. The number of rotatable bonds is 4. The summed E-state index contributed by atoms with van der Waals surface area (Å²) in [6, 6.07) is 7.87. The fourth-order valence-corrected chi connectivity index (χ4v) is 3.30. The summed E-state index contributed by atoms with van der Waals surface area (Å²) in [7, 11) is 0. The van der Waals surface area contributed by atoms with Gasteiger partial charge >= 0.3 is 0 Å². The quantitative estimate of drug-likeness (QED) is 0.944. The average Bonchev–Trinajstić information content (AvgIpc) is 3.16. The number of carbonyl (C=O) groups excluding carboxylic acids is 1. The Bertz CT molecular complexity index is 632. The van der Waals surface area contributed by atoms with Crippen molar-refractivity contribution in [3.05, 3.63) is 45.8 Å². The summed E-state index contributed by atoms with van der Waals surface area (Å²) in [5, 5.41) is 2.97. The fourth-order valence-electron chi connectivity index (χ4n) is 2.52. The first-order valence-corrected chi connectivity index (χ1v) is 8.08. The van der Waals surface area contributed by atoms with Crippen molar-refractivity contribution in [1.82, 2.24) is 10.3 Å². The standard InChI is InChI=1S/C16H19N3OS/c1-12-4-5-14(21-12)16(20)18-11-13-6-7-17-15(10-13)19-8-2-3-9-19/h4-7,10H,2-3,8-9,11H2,1H3,(H,18,20). The molecule has 1 aliphatic heterocycles. The van der Waals surface area contributed by atoms with Crippen LogP contribution in [0.4, 0.5) is 5.82 Å². The molecule has 0 unspecified atom stereocenters. The maximum Gasteiger partial charge on any atom is 0.261 e. The van der Waals surface area contributed by atoms with Gasteiger partial charge in [-0.25, -0.2) is 4.98 Å². The third kappa shape index (κ3) is 3.42. The van der Waals surface area contributed by atoms with Gasteiger partial charge in [-0.15, -0.1) is 11.3 Å². The summed E-state index contributed by atoms with van der Waals surface area (Å²) in [6.45, 7) is 4.71. The third-order valence-corrected chi connectivity index (χ3v) is 4.66. The van der Waals surface area contributed by atoms with Gasteiger partial charge in [0.05, 0.1) is 4.88 Å². The average molecular weight is 301 g/mol. The van der Waals surface area contributed by atoms with Crippen LogP contribution in [0.2, 0.25) is 0 Å². The third-order valence-electron chi connectivity index (χ3n) is 3.66. The topological polar surface area (TPSA) is 45.2 Å². The van der Waals surface area contributed by atoms with Crippen LogP contribution in [0.5, 0.6) is 0 Å². The molecule has 5 heteroatoms. The van der Waals surface area contributed by atoms with Gasteiger partial charge < -0.3 is 10.2 Å². The van der Waals surface area contributed by atoms with Crippen molar-refractivity contribution < 1.29 is 4.79 Å². The van der Waals surface area contributed by atoms with E-state index in [1.165, 1.54) is 24.2 Å². The summed E-state index contributed by atoms with van der Waals surface area (Å²) in [6.07, 6.45) is 4.30. The molecule has 0 aliphatic carbocycles. The van der Waals surface area contributed by atoms with E-state index >= 15 is 0 Å². The van der Waals surface area contributed by atoms with Crippen molar-refractivity contribution in [1.29, 1.82) is 0 Å². The highest BCUT2D eigenvalue weighted by molar-refractivity contribution is 7.13. The lowest BCUT2D eigenvalue weighted by atomic mass is 10.2. The molecule has 21 heavy (non-hydrogen) atoms. The zero-order valence-corrected chi connectivity index (χ0v) is 12.9. The summed E-state index contributed by atoms with van der Waals surface area (Å²) >= 11 is 1.52. The van der Waals surface area contributed by atoms with Gasteiger partial charge in [0.1, 0.15) is 5.82 Å². The monoisotopic (exact) mass is 301 g/mol. The predicted octanol–water partition coefficient (Wildman–Crippen LogP) is 2.98. The van der Waals surface area contributed by atoms with E-state index in [0.29, 0.717) is 6.54 Å². The number of thiophene rings is 1. The Morgan fingerprint density at radius 1 is 1.33 bits per heavy atom. The van der Waals surface area contributed by atoms with Gasteiger partial charge in [-0.1, -0.05) is 0 Å². The Morgan fingerprint density at radius 3 is 2.86 bits per heavy atom. The second-order valence-corrected chi connectivity index (χ2v) is 6.60. The first-order chi connectivity index (χ1) is 10.2. The largest absolute Gasteiger partial charge is 0.357 e. The zero-order valence-electron chi connectivity index (χ0n) is 12.1. The van der Waals surface area contributed by atoms with Crippen LogP contribution in [0.1, 0.15) is 33.0 Å².